The van der Waals surface area contributed by atoms with E-state index >= 15 is 0 Å². The molecule has 0 radical (unpaired) electrons. The van der Waals surface area contributed by atoms with Crippen molar-refractivity contribution in [3.63, 3.8) is 0 Å². The molecular weight excluding hydrogens is 308 g/mol. The lowest BCUT2D eigenvalue weighted by atomic mass is 10.0. The van der Waals surface area contributed by atoms with Crippen molar-refractivity contribution in [2.24, 2.45) is 5.92 Å². The summed E-state index contributed by atoms with van der Waals surface area (Å²) in [5.41, 5.74) is 0.653. The van der Waals surface area contributed by atoms with Crippen molar-refractivity contribution in [2.45, 2.75) is 34.1 Å². The molecule has 0 heterocycles. The number of halogens is 1. The summed E-state index contributed by atoms with van der Waals surface area (Å²) < 4.78 is 11.8. The van der Waals surface area contributed by atoms with Gasteiger partial charge in [-0.3, -0.25) is 4.79 Å². The fourth-order valence-electron chi connectivity index (χ4n) is 1.77. The van der Waals surface area contributed by atoms with Crippen molar-refractivity contribution in [2.75, 3.05) is 13.2 Å². The van der Waals surface area contributed by atoms with E-state index in [0.717, 1.165) is 4.47 Å². The normalized spacial score (nSPS) is 10.6. The van der Waals surface area contributed by atoms with Gasteiger partial charge in [0.25, 0.3) is 0 Å². The van der Waals surface area contributed by atoms with Gasteiger partial charge >= 0.3 is 0 Å². The predicted octanol–water partition coefficient (Wildman–Crippen LogP) is 4.48. The van der Waals surface area contributed by atoms with Crippen molar-refractivity contribution in [3.8, 4) is 11.5 Å². The third kappa shape index (κ3) is 4.53. The van der Waals surface area contributed by atoms with Crippen molar-refractivity contribution >= 4 is 21.7 Å². The van der Waals surface area contributed by atoms with E-state index in [4.69, 9.17) is 9.47 Å². The number of carbonyl (C=O) groups excluding carboxylic acids is 1. The first-order valence-electron chi connectivity index (χ1n) is 6.61. The van der Waals surface area contributed by atoms with Crippen LogP contribution in [0, 0.1) is 5.92 Å². The van der Waals surface area contributed by atoms with E-state index in [0.29, 0.717) is 42.6 Å². The van der Waals surface area contributed by atoms with Crippen LogP contribution in [-0.2, 0) is 0 Å². The fraction of sp³-hybridized carbons (Fsp3) is 0.533. The average Bonchev–Trinajstić information content (AvgIpc) is 2.31. The summed E-state index contributed by atoms with van der Waals surface area (Å²) in [4.78, 5) is 12.2. The number of hydrogen-bond donors (Lipinski definition) is 0. The maximum Gasteiger partial charge on any atom is 0.164 e. The highest BCUT2D eigenvalue weighted by molar-refractivity contribution is 9.10. The van der Waals surface area contributed by atoms with E-state index < -0.39 is 0 Å². The summed E-state index contributed by atoms with van der Waals surface area (Å²) in [5, 5.41) is 0. The molecular formula is C15H21BrO3. The highest BCUT2D eigenvalue weighted by Crippen LogP contribution is 2.34. The Morgan fingerprint density at radius 1 is 1.16 bits per heavy atom. The molecule has 0 saturated carbocycles. The van der Waals surface area contributed by atoms with E-state index in [-0.39, 0.29) is 5.78 Å². The molecule has 0 spiro atoms. The lowest BCUT2D eigenvalue weighted by molar-refractivity contribution is 0.0966. The zero-order chi connectivity index (χ0) is 14.4. The number of ether oxygens (including phenoxy) is 2. The number of benzene rings is 1. The number of Topliss-reactive ketones (excluding diaryl/α,β-unsaturated/α-hetero) is 1. The monoisotopic (exact) mass is 328 g/mol. The molecule has 0 unspecified atom stereocenters. The molecule has 0 atom stereocenters. The highest BCUT2D eigenvalue weighted by Gasteiger charge is 2.16. The average molecular weight is 329 g/mol. The maximum atomic E-state index is 12.2. The Labute approximate surface area is 123 Å². The van der Waals surface area contributed by atoms with Gasteiger partial charge in [-0.05, 0) is 47.8 Å². The number of ketones is 1. The van der Waals surface area contributed by atoms with Gasteiger partial charge in [0.1, 0.15) is 0 Å². The lowest BCUT2D eigenvalue weighted by Gasteiger charge is -2.14. The van der Waals surface area contributed by atoms with Crippen molar-refractivity contribution in [1.29, 1.82) is 0 Å². The summed E-state index contributed by atoms with van der Waals surface area (Å²) in [5.74, 6) is 1.74. The molecule has 0 saturated heterocycles. The summed E-state index contributed by atoms with van der Waals surface area (Å²) in [6.45, 7) is 8.99. The molecule has 1 aromatic rings. The second kappa shape index (κ2) is 7.53. The molecule has 0 aliphatic heterocycles. The van der Waals surface area contributed by atoms with Gasteiger partial charge in [0.05, 0.1) is 13.2 Å². The minimum atomic E-state index is 0.117. The number of hydrogen-bond acceptors (Lipinski definition) is 3. The Morgan fingerprint density at radius 2 is 1.68 bits per heavy atom. The van der Waals surface area contributed by atoms with E-state index in [1.165, 1.54) is 0 Å². The Bertz CT molecular complexity index is 441. The van der Waals surface area contributed by atoms with Crippen LogP contribution >= 0.6 is 15.9 Å². The van der Waals surface area contributed by atoms with Crippen LogP contribution in [0.4, 0.5) is 0 Å². The van der Waals surface area contributed by atoms with E-state index in [1.807, 2.05) is 33.8 Å². The van der Waals surface area contributed by atoms with Crippen molar-refractivity contribution in [3.05, 3.63) is 22.2 Å². The molecule has 0 N–H and O–H groups in total. The lowest BCUT2D eigenvalue weighted by Crippen LogP contribution is -2.06. The Morgan fingerprint density at radius 3 is 2.16 bits per heavy atom. The van der Waals surface area contributed by atoms with Gasteiger partial charge in [0.2, 0.25) is 0 Å². The largest absolute Gasteiger partial charge is 0.490 e. The molecule has 0 fully saturated rings. The molecule has 1 aromatic carbocycles. The van der Waals surface area contributed by atoms with Crippen LogP contribution in [0.15, 0.2) is 16.6 Å². The van der Waals surface area contributed by atoms with E-state index in [1.54, 1.807) is 6.07 Å². The van der Waals surface area contributed by atoms with Crippen LogP contribution in [-0.4, -0.2) is 19.0 Å². The summed E-state index contributed by atoms with van der Waals surface area (Å²) in [6.07, 6.45) is 0.526. The summed E-state index contributed by atoms with van der Waals surface area (Å²) >= 11 is 3.44. The van der Waals surface area contributed by atoms with Crippen LogP contribution in [0.1, 0.15) is 44.5 Å². The topological polar surface area (TPSA) is 35.5 Å². The Balaban J connectivity index is 3.12. The van der Waals surface area contributed by atoms with Gasteiger partial charge in [-0.15, -0.1) is 0 Å². The van der Waals surface area contributed by atoms with Gasteiger partial charge in [-0.1, -0.05) is 13.8 Å². The number of carbonyl (C=O) groups is 1. The highest BCUT2D eigenvalue weighted by atomic mass is 79.9. The molecule has 0 amide bonds. The molecule has 3 nitrogen and oxygen atoms in total. The van der Waals surface area contributed by atoms with E-state index in [9.17, 15) is 4.79 Å². The van der Waals surface area contributed by atoms with Crippen LogP contribution in [0.25, 0.3) is 0 Å². The molecule has 19 heavy (non-hydrogen) atoms. The molecule has 0 aromatic heterocycles. The van der Waals surface area contributed by atoms with Crippen LogP contribution in [0.2, 0.25) is 0 Å². The standard InChI is InChI=1S/C15H21BrO3/c1-5-18-14-8-11(13(17)7-10(3)4)12(16)9-15(14)19-6-2/h8-10H,5-7H2,1-4H3. The SMILES string of the molecule is CCOc1cc(Br)c(C(=O)CC(C)C)cc1OCC. The fourth-order valence-corrected chi connectivity index (χ4v) is 2.31. The molecule has 106 valence electrons. The molecule has 1 rings (SSSR count). The van der Waals surface area contributed by atoms with Gasteiger partial charge < -0.3 is 9.47 Å². The first kappa shape index (κ1) is 16.0. The first-order chi connectivity index (χ1) is 8.99. The van der Waals surface area contributed by atoms with Gasteiger partial charge in [-0.25, -0.2) is 0 Å². The second-order valence-electron chi connectivity index (χ2n) is 4.67. The third-order valence-corrected chi connectivity index (χ3v) is 3.18. The van der Waals surface area contributed by atoms with Crippen LogP contribution < -0.4 is 9.47 Å². The molecule has 0 bridgehead atoms. The first-order valence-corrected chi connectivity index (χ1v) is 7.41. The third-order valence-electron chi connectivity index (χ3n) is 2.53. The zero-order valence-electron chi connectivity index (χ0n) is 12.0. The van der Waals surface area contributed by atoms with Crippen LogP contribution in [0.3, 0.4) is 0 Å². The number of rotatable bonds is 7. The minimum absolute atomic E-state index is 0.117. The predicted molar refractivity (Wildman–Crippen MR) is 80.3 cm³/mol. The van der Waals surface area contributed by atoms with E-state index in [2.05, 4.69) is 15.9 Å². The van der Waals surface area contributed by atoms with Crippen molar-refractivity contribution in [1.82, 2.24) is 0 Å². The Hall–Kier alpha value is -1.03. The smallest absolute Gasteiger partial charge is 0.164 e. The summed E-state index contributed by atoms with van der Waals surface area (Å²) in [6, 6.07) is 3.57. The molecule has 0 aliphatic rings. The zero-order valence-corrected chi connectivity index (χ0v) is 13.5. The van der Waals surface area contributed by atoms with Gasteiger partial charge in [0, 0.05) is 16.5 Å². The van der Waals surface area contributed by atoms with Gasteiger partial charge in [-0.2, -0.15) is 0 Å². The molecule has 0 aliphatic carbocycles. The van der Waals surface area contributed by atoms with Crippen molar-refractivity contribution < 1.29 is 14.3 Å². The summed E-state index contributed by atoms with van der Waals surface area (Å²) in [7, 11) is 0. The van der Waals surface area contributed by atoms with Gasteiger partial charge in [0.15, 0.2) is 17.3 Å². The van der Waals surface area contributed by atoms with Crippen LogP contribution in [0.5, 0.6) is 11.5 Å². The minimum Gasteiger partial charge on any atom is -0.490 e. The Kier molecular flexibility index (Phi) is 6.35. The molecule has 4 heteroatoms. The maximum absolute atomic E-state index is 12.2. The quantitative estimate of drug-likeness (QED) is 0.692. The second-order valence-corrected chi connectivity index (χ2v) is 5.52.